The average Bonchev–Trinajstić information content (AvgIpc) is 3.25. The highest BCUT2D eigenvalue weighted by atomic mass is 19.1. The lowest BCUT2D eigenvalue weighted by molar-refractivity contribution is 0.194. The molecule has 0 bridgehead atoms. The van der Waals surface area contributed by atoms with E-state index in [0.29, 0.717) is 42.6 Å². The fourth-order valence-corrected chi connectivity index (χ4v) is 3.85. The van der Waals surface area contributed by atoms with Crippen LogP contribution in [0.25, 0.3) is 10.9 Å². The summed E-state index contributed by atoms with van der Waals surface area (Å²) in [5, 5.41) is 7.80. The van der Waals surface area contributed by atoms with Crippen LogP contribution in [-0.4, -0.2) is 34.2 Å². The molecule has 2 amide bonds. The summed E-state index contributed by atoms with van der Waals surface area (Å²) in [5.74, 6) is 0.778. The first-order chi connectivity index (χ1) is 13.1. The quantitative estimate of drug-likeness (QED) is 0.709. The zero-order valence-electron chi connectivity index (χ0n) is 15.5. The number of aryl methyl sites for hydroxylation is 2. The smallest absolute Gasteiger partial charge is 0.321 e. The van der Waals surface area contributed by atoms with Gasteiger partial charge >= 0.3 is 6.03 Å². The highest BCUT2D eigenvalue weighted by Crippen LogP contribution is 2.33. The largest absolute Gasteiger partial charge is 0.361 e. The van der Waals surface area contributed by atoms with Gasteiger partial charge in [0.1, 0.15) is 17.2 Å². The van der Waals surface area contributed by atoms with Gasteiger partial charge in [-0.25, -0.2) is 9.18 Å². The van der Waals surface area contributed by atoms with Crippen LogP contribution in [0.5, 0.6) is 0 Å². The van der Waals surface area contributed by atoms with Gasteiger partial charge < -0.3 is 19.7 Å². The van der Waals surface area contributed by atoms with Crippen LogP contribution >= 0.6 is 0 Å². The van der Waals surface area contributed by atoms with Crippen LogP contribution in [0.15, 0.2) is 28.9 Å². The summed E-state index contributed by atoms with van der Waals surface area (Å²) in [6, 6.07) is 4.69. The van der Waals surface area contributed by atoms with Crippen molar-refractivity contribution in [2.75, 3.05) is 18.4 Å². The molecular formula is C20H23FN4O2. The number of likely N-dealkylation sites (tertiary alicyclic amines) is 1. The lowest BCUT2D eigenvalue weighted by Crippen LogP contribution is -2.40. The Labute approximate surface area is 156 Å². The number of aromatic amines is 1. The Bertz CT molecular complexity index is 970. The molecular weight excluding hydrogens is 347 g/mol. The number of fused-ring (bicyclic) bond motifs is 1. The number of halogens is 1. The van der Waals surface area contributed by atoms with E-state index in [1.54, 1.807) is 12.1 Å². The first-order valence-corrected chi connectivity index (χ1v) is 9.34. The van der Waals surface area contributed by atoms with E-state index in [4.69, 9.17) is 4.52 Å². The van der Waals surface area contributed by atoms with Crippen molar-refractivity contribution in [3.05, 3.63) is 47.2 Å². The number of hydrogen-bond acceptors (Lipinski definition) is 3. The van der Waals surface area contributed by atoms with Gasteiger partial charge in [-0.3, -0.25) is 0 Å². The van der Waals surface area contributed by atoms with E-state index in [9.17, 15) is 9.18 Å². The molecule has 1 fully saturated rings. The zero-order chi connectivity index (χ0) is 19.0. The highest BCUT2D eigenvalue weighted by Gasteiger charge is 2.26. The molecule has 0 saturated carbocycles. The van der Waals surface area contributed by atoms with Crippen LogP contribution in [-0.2, 0) is 6.42 Å². The maximum Gasteiger partial charge on any atom is 0.321 e. The highest BCUT2D eigenvalue weighted by molar-refractivity contribution is 5.90. The minimum atomic E-state index is -0.226. The molecule has 1 aliphatic rings. The zero-order valence-corrected chi connectivity index (χ0v) is 15.5. The van der Waals surface area contributed by atoms with E-state index in [2.05, 4.69) is 15.5 Å². The monoisotopic (exact) mass is 370 g/mol. The van der Waals surface area contributed by atoms with Gasteiger partial charge in [0.15, 0.2) is 5.76 Å². The Hall–Kier alpha value is -2.83. The van der Waals surface area contributed by atoms with Crippen LogP contribution < -0.4 is 5.32 Å². The average molecular weight is 370 g/mol. The Morgan fingerprint density at radius 2 is 2.19 bits per heavy atom. The number of carbonyl (C=O) groups is 1. The Morgan fingerprint density at radius 3 is 2.93 bits per heavy atom. The summed E-state index contributed by atoms with van der Waals surface area (Å²) in [7, 11) is 0. The molecule has 4 rings (SSSR count). The van der Waals surface area contributed by atoms with E-state index >= 15 is 0 Å². The third-order valence-corrected chi connectivity index (χ3v) is 5.38. The summed E-state index contributed by atoms with van der Waals surface area (Å²) in [6.07, 6.45) is 4.34. The fraction of sp³-hybridized carbons (Fsp3) is 0.400. The van der Waals surface area contributed by atoms with Crippen molar-refractivity contribution in [1.29, 1.82) is 0 Å². The van der Waals surface area contributed by atoms with E-state index in [-0.39, 0.29) is 11.8 Å². The van der Waals surface area contributed by atoms with Gasteiger partial charge in [-0.05, 0) is 49.4 Å². The number of carbonyl (C=O) groups excluding carboxylic acids is 1. The third kappa shape index (κ3) is 3.29. The molecule has 7 heteroatoms. The number of nitrogens with zero attached hydrogens (tertiary/aromatic N) is 2. The lowest BCUT2D eigenvalue weighted by atomic mass is 9.89. The summed E-state index contributed by atoms with van der Waals surface area (Å²) < 4.78 is 18.8. The molecule has 2 N–H and O–H groups in total. The Balaban J connectivity index is 1.43. The van der Waals surface area contributed by atoms with Crippen LogP contribution in [0.4, 0.5) is 14.9 Å². The molecule has 27 heavy (non-hydrogen) atoms. The van der Waals surface area contributed by atoms with Crippen molar-refractivity contribution >= 4 is 22.6 Å². The number of anilines is 1. The molecule has 3 aromatic rings. The summed E-state index contributed by atoms with van der Waals surface area (Å²) >= 11 is 0. The molecule has 1 aliphatic heterocycles. The Kier molecular flexibility index (Phi) is 4.59. The molecule has 1 aromatic carbocycles. The van der Waals surface area contributed by atoms with Gasteiger partial charge in [0, 0.05) is 36.6 Å². The standard InChI is InChI=1S/C20H23FN4O2/c1-3-18-19(12(2)24-27-18)23-20(26)25-8-6-13(7-9-25)16-11-22-17-5-4-14(21)10-15(16)17/h4-5,10-11,13,22H,3,6-9H2,1-2H3,(H,23,26). The molecule has 0 unspecified atom stereocenters. The number of rotatable bonds is 3. The van der Waals surface area contributed by atoms with E-state index in [1.165, 1.54) is 6.07 Å². The summed E-state index contributed by atoms with van der Waals surface area (Å²) in [6.45, 7) is 5.10. The molecule has 0 radical (unpaired) electrons. The van der Waals surface area contributed by atoms with Crippen LogP contribution in [0, 0.1) is 12.7 Å². The van der Waals surface area contributed by atoms with Gasteiger partial charge in [0.2, 0.25) is 0 Å². The normalized spacial score (nSPS) is 15.4. The second kappa shape index (κ2) is 7.06. The first-order valence-electron chi connectivity index (χ1n) is 9.34. The topological polar surface area (TPSA) is 74.2 Å². The molecule has 6 nitrogen and oxygen atoms in total. The second-order valence-electron chi connectivity index (χ2n) is 7.05. The van der Waals surface area contributed by atoms with Crippen LogP contribution in [0.2, 0.25) is 0 Å². The predicted octanol–water partition coefficient (Wildman–Crippen LogP) is 4.58. The van der Waals surface area contributed by atoms with E-state index in [0.717, 1.165) is 29.3 Å². The predicted molar refractivity (Wildman–Crippen MR) is 101 cm³/mol. The molecule has 0 spiro atoms. The van der Waals surface area contributed by atoms with Crippen molar-refractivity contribution in [3.63, 3.8) is 0 Å². The van der Waals surface area contributed by atoms with Crippen LogP contribution in [0.3, 0.4) is 0 Å². The molecule has 0 aliphatic carbocycles. The van der Waals surface area contributed by atoms with Crippen molar-refractivity contribution in [1.82, 2.24) is 15.0 Å². The Morgan fingerprint density at radius 1 is 1.41 bits per heavy atom. The number of urea groups is 1. The van der Waals surface area contributed by atoms with Gasteiger partial charge in [-0.2, -0.15) is 0 Å². The maximum atomic E-state index is 13.6. The lowest BCUT2D eigenvalue weighted by Gasteiger charge is -2.32. The maximum absolute atomic E-state index is 13.6. The number of aromatic nitrogens is 2. The molecule has 0 atom stereocenters. The number of piperidine rings is 1. The van der Waals surface area contributed by atoms with Gasteiger partial charge in [-0.15, -0.1) is 0 Å². The third-order valence-electron chi connectivity index (χ3n) is 5.38. The van der Waals surface area contributed by atoms with E-state index < -0.39 is 0 Å². The fourth-order valence-electron chi connectivity index (χ4n) is 3.85. The van der Waals surface area contributed by atoms with Crippen molar-refractivity contribution in [2.24, 2.45) is 0 Å². The molecule has 3 heterocycles. The number of benzene rings is 1. The molecule has 142 valence electrons. The van der Waals surface area contributed by atoms with Gasteiger partial charge in [0.25, 0.3) is 0 Å². The number of hydrogen-bond donors (Lipinski definition) is 2. The second-order valence-corrected chi connectivity index (χ2v) is 7.05. The van der Waals surface area contributed by atoms with E-state index in [1.807, 2.05) is 24.9 Å². The molecule has 2 aromatic heterocycles. The minimum absolute atomic E-state index is 0.126. The minimum Gasteiger partial charge on any atom is -0.361 e. The number of H-pyrrole nitrogens is 1. The SMILES string of the molecule is CCc1onc(C)c1NC(=O)N1CCC(c2c[nH]c3ccc(F)cc23)CC1. The van der Waals surface area contributed by atoms with Crippen molar-refractivity contribution in [2.45, 2.75) is 39.0 Å². The van der Waals surface area contributed by atoms with Gasteiger partial charge in [-0.1, -0.05) is 12.1 Å². The summed E-state index contributed by atoms with van der Waals surface area (Å²) in [4.78, 5) is 17.7. The van der Waals surface area contributed by atoms with Crippen molar-refractivity contribution in [3.8, 4) is 0 Å². The van der Waals surface area contributed by atoms with Crippen molar-refractivity contribution < 1.29 is 13.7 Å². The van der Waals surface area contributed by atoms with Crippen LogP contribution in [0.1, 0.15) is 42.7 Å². The summed E-state index contributed by atoms with van der Waals surface area (Å²) in [5.41, 5.74) is 3.45. The molecule has 1 saturated heterocycles. The number of amides is 2. The van der Waals surface area contributed by atoms with Gasteiger partial charge in [0.05, 0.1) is 0 Å². The number of nitrogens with one attached hydrogen (secondary N) is 2. The first kappa shape index (κ1) is 17.6.